The van der Waals surface area contributed by atoms with E-state index in [1.54, 1.807) is 12.3 Å². The van der Waals surface area contributed by atoms with Crippen molar-refractivity contribution in [3.8, 4) is 0 Å². The highest BCUT2D eigenvalue weighted by Crippen LogP contribution is 2.14. The minimum absolute atomic E-state index is 0.207. The summed E-state index contributed by atoms with van der Waals surface area (Å²) in [5.74, 6) is 0.742. The molecule has 0 aliphatic rings. The van der Waals surface area contributed by atoms with E-state index in [0.29, 0.717) is 12.6 Å². The van der Waals surface area contributed by atoms with Crippen molar-refractivity contribution in [3.05, 3.63) is 47.9 Å². The number of rotatable bonds is 4. The summed E-state index contributed by atoms with van der Waals surface area (Å²) in [4.78, 5) is 0. The molecule has 0 aliphatic carbocycles. The lowest BCUT2D eigenvalue weighted by atomic mass is 10.2. The Hall–Kier alpha value is -1.84. The van der Waals surface area contributed by atoms with Crippen molar-refractivity contribution in [2.75, 3.05) is 5.32 Å². The minimum atomic E-state index is -0.207. The third-order valence-corrected chi connectivity index (χ3v) is 2.52. The summed E-state index contributed by atoms with van der Waals surface area (Å²) >= 11 is 0. The molecule has 0 aliphatic heterocycles. The summed E-state index contributed by atoms with van der Waals surface area (Å²) in [7, 11) is 0. The van der Waals surface area contributed by atoms with Crippen molar-refractivity contribution in [2.45, 2.75) is 26.4 Å². The zero-order chi connectivity index (χ0) is 12.3. The summed E-state index contributed by atoms with van der Waals surface area (Å²) in [6.07, 6.45) is 1.76. The van der Waals surface area contributed by atoms with Crippen LogP contribution in [0.15, 0.2) is 36.5 Å². The van der Waals surface area contributed by atoms with E-state index in [4.69, 9.17) is 0 Å². The van der Waals surface area contributed by atoms with Crippen LogP contribution < -0.4 is 5.32 Å². The number of halogens is 1. The molecule has 90 valence electrons. The van der Waals surface area contributed by atoms with E-state index < -0.39 is 0 Å². The highest BCUT2D eigenvalue weighted by molar-refractivity contribution is 5.35. The zero-order valence-corrected chi connectivity index (χ0v) is 10.0. The number of hydrogen-bond acceptors (Lipinski definition) is 2. The van der Waals surface area contributed by atoms with Crippen LogP contribution in [-0.2, 0) is 6.54 Å². The van der Waals surface area contributed by atoms with Crippen molar-refractivity contribution in [2.24, 2.45) is 0 Å². The summed E-state index contributed by atoms with van der Waals surface area (Å²) < 4.78 is 14.9. The van der Waals surface area contributed by atoms with Crippen LogP contribution >= 0.6 is 0 Å². The van der Waals surface area contributed by atoms with Crippen LogP contribution in [0.4, 0.5) is 10.2 Å². The number of aromatic nitrogens is 2. The van der Waals surface area contributed by atoms with E-state index in [1.165, 1.54) is 12.1 Å². The average molecular weight is 233 g/mol. The largest absolute Gasteiger partial charge is 0.366 e. The predicted octanol–water partition coefficient (Wildman–Crippen LogP) is 3.22. The van der Waals surface area contributed by atoms with Gasteiger partial charge in [-0.15, -0.1) is 0 Å². The van der Waals surface area contributed by atoms with Crippen LogP contribution in [0.2, 0.25) is 0 Å². The third-order valence-electron chi connectivity index (χ3n) is 2.52. The van der Waals surface area contributed by atoms with E-state index >= 15 is 0 Å². The van der Waals surface area contributed by atoms with Gasteiger partial charge < -0.3 is 5.32 Å². The normalized spacial score (nSPS) is 10.8. The van der Waals surface area contributed by atoms with Crippen molar-refractivity contribution in [1.29, 1.82) is 0 Å². The van der Waals surface area contributed by atoms with Gasteiger partial charge in [-0.1, -0.05) is 12.1 Å². The van der Waals surface area contributed by atoms with E-state index in [2.05, 4.69) is 24.3 Å². The van der Waals surface area contributed by atoms with Gasteiger partial charge in [-0.05, 0) is 31.5 Å². The van der Waals surface area contributed by atoms with Gasteiger partial charge in [0.2, 0.25) is 0 Å². The van der Waals surface area contributed by atoms with Gasteiger partial charge >= 0.3 is 0 Å². The average Bonchev–Trinajstić information content (AvgIpc) is 2.74. The first-order chi connectivity index (χ1) is 8.16. The Balaban J connectivity index is 2.05. The quantitative estimate of drug-likeness (QED) is 0.878. The topological polar surface area (TPSA) is 29.9 Å². The summed E-state index contributed by atoms with van der Waals surface area (Å²) in [5, 5.41) is 7.48. The predicted molar refractivity (Wildman–Crippen MR) is 66.3 cm³/mol. The summed E-state index contributed by atoms with van der Waals surface area (Å²) in [5.41, 5.74) is 0.918. The first-order valence-corrected chi connectivity index (χ1v) is 5.68. The molecular formula is C13H16FN3. The van der Waals surface area contributed by atoms with E-state index in [-0.39, 0.29) is 5.82 Å². The monoisotopic (exact) mass is 233 g/mol. The van der Waals surface area contributed by atoms with Gasteiger partial charge in [-0.25, -0.2) is 9.07 Å². The van der Waals surface area contributed by atoms with Gasteiger partial charge in [0.05, 0.1) is 6.20 Å². The maximum atomic E-state index is 13.0. The molecule has 0 amide bonds. The molecule has 3 nitrogen and oxygen atoms in total. The van der Waals surface area contributed by atoms with Gasteiger partial charge in [-0.2, -0.15) is 5.10 Å². The Bertz CT molecular complexity index is 491. The van der Waals surface area contributed by atoms with Gasteiger partial charge in [0.1, 0.15) is 11.6 Å². The van der Waals surface area contributed by atoms with Crippen LogP contribution in [0.3, 0.4) is 0 Å². The summed E-state index contributed by atoms with van der Waals surface area (Å²) in [6, 6.07) is 8.81. The molecule has 0 spiro atoms. The van der Waals surface area contributed by atoms with Crippen molar-refractivity contribution in [1.82, 2.24) is 9.78 Å². The fourth-order valence-corrected chi connectivity index (χ4v) is 1.71. The second kappa shape index (κ2) is 4.99. The molecule has 1 aromatic carbocycles. The van der Waals surface area contributed by atoms with E-state index in [9.17, 15) is 4.39 Å². The lowest BCUT2D eigenvalue weighted by Gasteiger charge is -2.12. The van der Waals surface area contributed by atoms with Gasteiger partial charge in [0.15, 0.2) is 0 Å². The number of benzene rings is 1. The smallest absolute Gasteiger partial charge is 0.124 e. The SMILES string of the molecule is CC(C)n1nccc1NCc1cccc(F)c1. The maximum absolute atomic E-state index is 13.0. The number of nitrogens with zero attached hydrogens (tertiary/aromatic N) is 2. The zero-order valence-electron chi connectivity index (χ0n) is 10.0. The summed E-state index contributed by atoms with van der Waals surface area (Å²) in [6.45, 7) is 4.73. The molecule has 0 radical (unpaired) electrons. The molecule has 1 heterocycles. The molecule has 17 heavy (non-hydrogen) atoms. The Labute approximate surface area is 100 Å². The van der Waals surface area contributed by atoms with Gasteiger partial charge in [0.25, 0.3) is 0 Å². The second-order valence-corrected chi connectivity index (χ2v) is 4.24. The van der Waals surface area contributed by atoms with Gasteiger partial charge in [-0.3, -0.25) is 0 Å². The Morgan fingerprint density at radius 2 is 2.18 bits per heavy atom. The molecule has 2 rings (SSSR count). The highest BCUT2D eigenvalue weighted by Gasteiger charge is 2.05. The Kier molecular flexibility index (Phi) is 3.42. The van der Waals surface area contributed by atoms with Crippen molar-refractivity contribution < 1.29 is 4.39 Å². The van der Waals surface area contributed by atoms with Crippen LogP contribution in [0.1, 0.15) is 25.5 Å². The van der Waals surface area contributed by atoms with Crippen LogP contribution in [0, 0.1) is 5.82 Å². The molecule has 0 saturated heterocycles. The molecular weight excluding hydrogens is 217 g/mol. The van der Waals surface area contributed by atoms with Crippen molar-refractivity contribution >= 4 is 5.82 Å². The van der Waals surface area contributed by atoms with Gasteiger partial charge in [0, 0.05) is 18.7 Å². The molecule has 0 atom stereocenters. The molecule has 2 aromatic rings. The number of nitrogens with one attached hydrogen (secondary N) is 1. The highest BCUT2D eigenvalue weighted by atomic mass is 19.1. The molecule has 4 heteroatoms. The number of anilines is 1. The number of hydrogen-bond donors (Lipinski definition) is 1. The lowest BCUT2D eigenvalue weighted by molar-refractivity contribution is 0.537. The van der Waals surface area contributed by atoms with Crippen LogP contribution in [0.5, 0.6) is 0 Å². The van der Waals surface area contributed by atoms with E-state index in [0.717, 1.165) is 11.4 Å². The van der Waals surface area contributed by atoms with E-state index in [1.807, 2.05) is 16.8 Å². The van der Waals surface area contributed by atoms with Crippen LogP contribution in [0.25, 0.3) is 0 Å². The lowest BCUT2D eigenvalue weighted by Crippen LogP contribution is -2.09. The maximum Gasteiger partial charge on any atom is 0.124 e. The first-order valence-electron chi connectivity index (χ1n) is 5.68. The Morgan fingerprint density at radius 3 is 2.88 bits per heavy atom. The standard InChI is InChI=1S/C13H16FN3/c1-10(2)17-13(6-7-16-17)15-9-11-4-3-5-12(14)8-11/h3-8,10,15H,9H2,1-2H3. The van der Waals surface area contributed by atoms with Crippen molar-refractivity contribution in [3.63, 3.8) is 0 Å². The molecule has 0 fully saturated rings. The second-order valence-electron chi connectivity index (χ2n) is 4.24. The molecule has 1 aromatic heterocycles. The molecule has 0 bridgehead atoms. The third kappa shape index (κ3) is 2.84. The first kappa shape index (κ1) is 11.6. The molecule has 0 unspecified atom stereocenters. The fraction of sp³-hybridized carbons (Fsp3) is 0.308. The molecule has 0 saturated carbocycles. The minimum Gasteiger partial charge on any atom is -0.366 e. The fourth-order valence-electron chi connectivity index (χ4n) is 1.71. The van der Waals surface area contributed by atoms with Crippen LogP contribution in [-0.4, -0.2) is 9.78 Å². The Morgan fingerprint density at radius 1 is 1.35 bits per heavy atom. The molecule has 1 N–H and O–H groups in total.